The number of methoxy groups -OCH3 is 1. The molecule has 1 unspecified atom stereocenters. The van der Waals surface area contributed by atoms with Gasteiger partial charge in [0, 0.05) is 38.8 Å². The van der Waals surface area contributed by atoms with Crippen LogP contribution in [0.25, 0.3) is 0 Å². The van der Waals surface area contributed by atoms with E-state index in [4.69, 9.17) is 9.15 Å². The SMILES string of the molecule is COC(=O)c1c(C)oc(C)c1S(=O)(=O)N1CCN(C2CCNC2)CC1.Cl. The predicted octanol–water partition coefficient (Wildman–Crippen LogP) is 0.773. The van der Waals surface area contributed by atoms with Crippen molar-refractivity contribution >= 4 is 28.4 Å². The molecular formula is C16H26ClN3O5S. The van der Waals surface area contributed by atoms with E-state index in [1.165, 1.54) is 11.4 Å². The first-order chi connectivity index (χ1) is 11.9. The minimum absolute atomic E-state index is 0. The lowest BCUT2D eigenvalue weighted by molar-refractivity contribution is 0.0594. The lowest BCUT2D eigenvalue weighted by Gasteiger charge is -2.37. The Hall–Kier alpha value is -1.13. The summed E-state index contributed by atoms with van der Waals surface area (Å²) < 4.78 is 37.8. The zero-order valence-electron chi connectivity index (χ0n) is 15.3. The number of halogens is 1. The molecule has 0 amide bonds. The molecule has 2 fully saturated rings. The maximum Gasteiger partial charge on any atom is 0.342 e. The molecule has 1 aromatic rings. The Morgan fingerprint density at radius 3 is 2.38 bits per heavy atom. The molecule has 0 aliphatic carbocycles. The molecule has 2 aliphatic rings. The van der Waals surface area contributed by atoms with E-state index in [1.54, 1.807) is 13.8 Å². The number of sulfonamides is 1. The molecule has 0 radical (unpaired) electrons. The number of ether oxygens (including phenoxy) is 1. The molecular weight excluding hydrogens is 382 g/mol. The molecule has 1 atom stereocenters. The van der Waals surface area contributed by atoms with Crippen molar-refractivity contribution in [3.05, 3.63) is 17.1 Å². The second kappa shape index (κ2) is 8.26. The van der Waals surface area contributed by atoms with Crippen LogP contribution in [0.2, 0.25) is 0 Å². The fraction of sp³-hybridized carbons (Fsp3) is 0.688. The first-order valence-electron chi connectivity index (χ1n) is 8.49. The molecule has 0 spiro atoms. The van der Waals surface area contributed by atoms with Crippen molar-refractivity contribution < 1.29 is 22.4 Å². The highest BCUT2D eigenvalue weighted by atomic mass is 35.5. The Kier molecular flexibility index (Phi) is 6.73. The highest BCUT2D eigenvalue weighted by Crippen LogP contribution is 2.30. The van der Waals surface area contributed by atoms with E-state index in [0.717, 1.165) is 19.5 Å². The fourth-order valence-corrected chi connectivity index (χ4v) is 5.49. The Labute approximate surface area is 160 Å². The van der Waals surface area contributed by atoms with Crippen molar-refractivity contribution in [2.45, 2.75) is 31.2 Å². The molecule has 0 bridgehead atoms. The van der Waals surface area contributed by atoms with Crippen molar-refractivity contribution in [3.8, 4) is 0 Å². The van der Waals surface area contributed by atoms with Gasteiger partial charge in [0.15, 0.2) is 0 Å². The average molecular weight is 408 g/mol. The van der Waals surface area contributed by atoms with Gasteiger partial charge < -0.3 is 14.5 Å². The summed E-state index contributed by atoms with van der Waals surface area (Å²) in [6, 6.07) is 0.480. The number of hydrogen-bond donors (Lipinski definition) is 1. The third-order valence-corrected chi connectivity index (χ3v) is 7.07. The van der Waals surface area contributed by atoms with Crippen LogP contribution in [0.3, 0.4) is 0 Å². The number of esters is 1. The van der Waals surface area contributed by atoms with Crippen molar-refractivity contribution in [1.82, 2.24) is 14.5 Å². The van der Waals surface area contributed by atoms with Crippen LogP contribution in [0.5, 0.6) is 0 Å². The molecule has 1 N–H and O–H groups in total. The van der Waals surface area contributed by atoms with E-state index < -0.39 is 16.0 Å². The Bertz CT molecular complexity index is 750. The molecule has 2 saturated heterocycles. The summed E-state index contributed by atoms with van der Waals surface area (Å²) >= 11 is 0. The maximum absolute atomic E-state index is 13.1. The van der Waals surface area contributed by atoms with E-state index in [0.29, 0.717) is 32.2 Å². The molecule has 1 aromatic heterocycles. The molecule has 3 rings (SSSR count). The highest BCUT2D eigenvalue weighted by molar-refractivity contribution is 7.89. The van der Waals surface area contributed by atoms with E-state index in [-0.39, 0.29) is 34.4 Å². The summed E-state index contributed by atoms with van der Waals surface area (Å²) in [5, 5.41) is 3.34. The topological polar surface area (TPSA) is 92.1 Å². The summed E-state index contributed by atoms with van der Waals surface area (Å²) in [5.41, 5.74) is 0.00224. The number of nitrogens with zero attached hydrogens (tertiary/aromatic N) is 2. The highest BCUT2D eigenvalue weighted by Gasteiger charge is 2.38. The number of rotatable bonds is 4. The van der Waals surface area contributed by atoms with Gasteiger partial charge in [0.1, 0.15) is 22.0 Å². The minimum Gasteiger partial charge on any atom is -0.465 e. The largest absolute Gasteiger partial charge is 0.465 e. The summed E-state index contributed by atoms with van der Waals surface area (Å²) in [4.78, 5) is 14.3. The number of piperazine rings is 1. The third-order valence-electron chi connectivity index (χ3n) is 5.02. The first kappa shape index (κ1) is 21.2. The molecule has 26 heavy (non-hydrogen) atoms. The number of carbonyl (C=O) groups is 1. The summed E-state index contributed by atoms with van der Waals surface area (Å²) in [5.74, 6) is -0.206. The number of hydrogen-bond acceptors (Lipinski definition) is 7. The van der Waals surface area contributed by atoms with Crippen molar-refractivity contribution in [2.24, 2.45) is 0 Å². The van der Waals surface area contributed by atoms with Crippen LogP contribution in [-0.4, -0.2) is 76.0 Å². The van der Waals surface area contributed by atoms with Gasteiger partial charge in [-0.05, 0) is 26.8 Å². The summed E-state index contributed by atoms with van der Waals surface area (Å²) in [6.07, 6.45) is 1.10. The Morgan fingerprint density at radius 2 is 1.85 bits per heavy atom. The van der Waals surface area contributed by atoms with Gasteiger partial charge in [0.25, 0.3) is 0 Å². The quantitative estimate of drug-likeness (QED) is 0.737. The van der Waals surface area contributed by atoms with Crippen molar-refractivity contribution in [2.75, 3.05) is 46.4 Å². The molecule has 8 nitrogen and oxygen atoms in total. The lowest BCUT2D eigenvalue weighted by atomic mass is 10.2. The monoisotopic (exact) mass is 407 g/mol. The zero-order valence-corrected chi connectivity index (χ0v) is 16.9. The number of furan rings is 1. The minimum atomic E-state index is -3.81. The van der Waals surface area contributed by atoms with Crippen LogP contribution >= 0.6 is 12.4 Å². The normalized spacial score (nSPS) is 22.2. The second-order valence-electron chi connectivity index (χ2n) is 6.50. The van der Waals surface area contributed by atoms with Crippen molar-refractivity contribution in [3.63, 3.8) is 0 Å². The van der Waals surface area contributed by atoms with Gasteiger partial charge in [-0.1, -0.05) is 0 Å². The molecule has 10 heteroatoms. The molecule has 148 valence electrons. The van der Waals surface area contributed by atoms with Crippen LogP contribution in [0.1, 0.15) is 28.3 Å². The van der Waals surface area contributed by atoms with Crippen LogP contribution in [-0.2, 0) is 14.8 Å². The second-order valence-corrected chi connectivity index (χ2v) is 8.37. The number of carbonyl (C=O) groups excluding carboxylic acids is 1. The van der Waals surface area contributed by atoms with E-state index in [2.05, 4.69) is 10.2 Å². The van der Waals surface area contributed by atoms with Gasteiger partial charge in [-0.25, -0.2) is 13.2 Å². The van der Waals surface area contributed by atoms with Crippen LogP contribution < -0.4 is 5.32 Å². The van der Waals surface area contributed by atoms with Crippen LogP contribution in [0, 0.1) is 13.8 Å². The predicted molar refractivity (Wildman–Crippen MR) is 98.4 cm³/mol. The fourth-order valence-electron chi connectivity index (χ4n) is 3.70. The summed E-state index contributed by atoms with van der Waals surface area (Å²) in [6.45, 7) is 7.30. The van der Waals surface area contributed by atoms with Gasteiger partial charge in [0.2, 0.25) is 10.0 Å². The summed E-state index contributed by atoms with van der Waals surface area (Å²) in [7, 11) is -2.58. The number of aryl methyl sites for hydroxylation is 2. The molecule has 0 saturated carbocycles. The average Bonchev–Trinajstić information content (AvgIpc) is 3.22. The lowest BCUT2D eigenvalue weighted by Crippen LogP contribution is -2.52. The Morgan fingerprint density at radius 1 is 1.19 bits per heavy atom. The standard InChI is InChI=1S/C16H25N3O5S.ClH/c1-11-14(16(20)23-3)15(12(2)24-11)25(21,22)19-8-6-18(7-9-19)13-4-5-17-10-13;/h13,17H,4-10H2,1-3H3;1H. The number of nitrogens with one attached hydrogen (secondary N) is 1. The van der Waals surface area contributed by atoms with Gasteiger partial charge in [-0.2, -0.15) is 4.31 Å². The van der Waals surface area contributed by atoms with Gasteiger partial charge in [-0.3, -0.25) is 4.90 Å². The third kappa shape index (κ3) is 3.77. The van der Waals surface area contributed by atoms with E-state index in [9.17, 15) is 13.2 Å². The van der Waals surface area contributed by atoms with Gasteiger partial charge in [-0.15, -0.1) is 12.4 Å². The molecule has 2 aliphatic heterocycles. The van der Waals surface area contributed by atoms with Gasteiger partial charge in [0.05, 0.1) is 7.11 Å². The van der Waals surface area contributed by atoms with Gasteiger partial charge >= 0.3 is 5.97 Å². The smallest absolute Gasteiger partial charge is 0.342 e. The molecule has 0 aromatic carbocycles. The Balaban J connectivity index is 0.00000243. The van der Waals surface area contributed by atoms with E-state index in [1.807, 2.05) is 0 Å². The zero-order chi connectivity index (χ0) is 18.2. The van der Waals surface area contributed by atoms with Crippen LogP contribution in [0.15, 0.2) is 9.31 Å². The maximum atomic E-state index is 13.1. The van der Waals surface area contributed by atoms with Crippen LogP contribution in [0.4, 0.5) is 0 Å². The first-order valence-corrected chi connectivity index (χ1v) is 9.93. The molecule has 3 heterocycles. The van der Waals surface area contributed by atoms with Crippen molar-refractivity contribution in [1.29, 1.82) is 0 Å². The van der Waals surface area contributed by atoms with E-state index >= 15 is 0 Å².